The lowest BCUT2D eigenvalue weighted by atomic mass is 10.1. The van der Waals surface area contributed by atoms with Crippen molar-refractivity contribution in [3.8, 4) is 11.8 Å². The maximum absolute atomic E-state index is 11.4. The quantitative estimate of drug-likeness (QED) is 0.551. The van der Waals surface area contributed by atoms with Gasteiger partial charge in [0.15, 0.2) is 0 Å². The second kappa shape index (κ2) is 6.16. The van der Waals surface area contributed by atoms with Gasteiger partial charge in [-0.2, -0.15) is 5.26 Å². The minimum Gasteiger partial charge on any atom is -0.466 e. The van der Waals surface area contributed by atoms with Crippen LogP contribution in [0.1, 0.15) is 11.1 Å². The number of rotatable bonds is 3. The number of carbonyl (C=O) groups excluding carboxylic acids is 1. The van der Waals surface area contributed by atoms with Crippen LogP contribution in [0.3, 0.4) is 0 Å². The van der Waals surface area contributed by atoms with E-state index < -0.39 is 5.97 Å². The van der Waals surface area contributed by atoms with Crippen molar-refractivity contribution in [1.29, 1.82) is 5.26 Å². The smallest absolute Gasteiger partial charge is 0.330 e. The van der Waals surface area contributed by atoms with E-state index >= 15 is 0 Å². The lowest BCUT2D eigenvalue weighted by Crippen LogP contribution is -1.96. The van der Waals surface area contributed by atoms with E-state index in [9.17, 15) is 4.79 Å². The fraction of sp³-hybridized carbons (Fsp3) is 0.0556. The minimum atomic E-state index is -0.453. The predicted octanol–water partition coefficient (Wildman–Crippen LogP) is 3.08. The summed E-state index contributed by atoms with van der Waals surface area (Å²) in [7, 11) is 1.32. The number of nitriles is 1. The molecule has 0 radical (unpaired) electrons. The maximum Gasteiger partial charge on any atom is 0.330 e. The Morgan fingerprint density at radius 1 is 1.30 bits per heavy atom. The monoisotopic (exact) mass is 303 g/mol. The highest BCUT2D eigenvalue weighted by Gasteiger charge is 2.10. The molecule has 1 heterocycles. The Balaban J connectivity index is 2.23. The average molecular weight is 303 g/mol. The summed E-state index contributed by atoms with van der Waals surface area (Å²) in [6.45, 7) is 0. The second-order valence-corrected chi connectivity index (χ2v) is 4.85. The van der Waals surface area contributed by atoms with Gasteiger partial charge in [0.25, 0.3) is 0 Å². The SMILES string of the molecule is COC(=O)/C=C\c1cc(C#N)cc2ncn(-c3ccccc3)c12. The Morgan fingerprint density at radius 2 is 2.09 bits per heavy atom. The van der Waals surface area contributed by atoms with Crippen molar-refractivity contribution in [3.63, 3.8) is 0 Å². The first kappa shape index (κ1) is 14.5. The van der Waals surface area contributed by atoms with E-state index in [1.165, 1.54) is 13.2 Å². The van der Waals surface area contributed by atoms with Crippen molar-refractivity contribution >= 4 is 23.1 Å². The summed E-state index contributed by atoms with van der Waals surface area (Å²) in [5.74, 6) is -0.453. The number of aromatic nitrogens is 2. The van der Waals surface area contributed by atoms with Crippen LogP contribution < -0.4 is 0 Å². The zero-order valence-corrected chi connectivity index (χ0v) is 12.4. The first-order chi connectivity index (χ1) is 11.2. The van der Waals surface area contributed by atoms with Crippen molar-refractivity contribution < 1.29 is 9.53 Å². The minimum absolute atomic E-state index is 0.453. The molecular formula is C18H13N3O2. The molecule has 3 rings (SSSR count). The van der Waals surface area contributed by atoms with Crippen LogP contribution in [0.2, 0.25) is 0 Å². The van der Waals surface area contributed by atoms with Gasteiger partial charge in [-0.25, -0.2) is 9.78 Å². The van der Waals surface area contributed by atoms with E-state index in [0.717, 1.165) is 16.8 Å². The Labute approximate surface area is 133 Å². The molecule has 0 saturated heterocycles. The summed E-state index contributed by atoms with van der Waals surface area (Å²) in [6, 6.07) is 15.3. The Morgan fingerprint density at radius 3 is 2.78 bits per heavy atom. The molecule has 0 fully saturated rings. The van der Waals surface area contributed by atoms with Gasteiger partial charge in [0, 0.05) is 17.3 Å². The molecule has 0 spiro atoms. The summed E-state index contributed by atoms with van der Waals surface area (Å²) in [5.41, 5.74) is 3.69. The number of carbonyl (C=O) groups is 1. The summed E-state index contributed by atoms with van der Waals surface area (Å²) in [4.78, 5) is 15.7. The van der Waals surface area contributed by atoms with Gasteiger partial charge in [-0.1, -0.05) is 18.2 Å². The third kappa shape index (κ3) is 2.83. The third-order valence-corrected chi connectivity index (χ3v) is 3.44. The molecule has 0 amide bonds. The standard InChI is InChI=1S/C18H13N3O2/c1-23-17(22)8-7-14-9-13(11-19)10-16-18(14)21(12-20-16)15-5-3-2-4-6-15/h2-10,12H,1H3/b8-7-. The van der Waals surface area contributed by atoms with E-state index in [-0.39, 0.29) is 0 Å². The first-order valence-electron chi connectivity index (χ1n) is 6.95. The molecule has 0 atom stereocenters. The molecular weight excluding hydrogens is 290 g/mol. The highest BCUT2D eigenvalue weighted by molar-refractivity contribution is 5.93. The normalized spacial score (nSPS) is 10.8. The molecule has 2 aromatic carbocycles. The lowest BCUT2D eigenvalue weighted by Gasteiger charge is -2.07. The van der Waals surface area contributed by atoms with Crippen molar-refractivity contribution in [1.82, 2.24) is 9.55 Å². The molecule has 5 heteroatoms. The van der Waals surface area contributed by atoms with Gasteiger partial charge >= 0.3 is 5.97 Å². The summed E-state index contributed by atoms with van der Waals surface area (Å²) >= 11 is 0. The van der Waals surface area contributed by atoms with Gasteiger partial charge in [-0.3, -0.25) is 4.57 Å². The zero-order chi connectivity index (χ0) is 16.2. The summed E-state index contributed by atoms with van der Waals surface area (Å²) < 4.78 is 6.55. The molecule has 0 aliphatic rings. The molecule has 0 bridgehead atoms. The van der Waals surface area contributed by atoms with Gasteiger partial charge in [-0.05, 0) is 30.3 Å². The number of para-hydroxylation sites is 1. The molecule has 0 saturated carbocycles. The van der Waals surface area contributed by atoms with E-state index in [1.807, 2.05) is 34.9 Å². The lowest BCUT2D eigenvalue weighted by molar-refractivity contribution is -0.134. The van der Waals surface area contributed by atoms with E-state index in [1.54, 1.807) is 24.5 Å². The van der Waals surface area contributed by atoms with Crippen molar-refractivity contribution in [2.75, 3.05) is 7.11 Å². The largest absolute Gasteiger partial charge is 0.466 e. The molecule has 0 N–H and O–H groups in total. The molecule has 23 heavy (non-hydrogen) atoms. The van der Waals surface area contributed by atoms with Gasteiger partial charge in [0.2, 0.25) is 0 Å². The van der Waals surface area contributed by atoms with Crippen molar-refractivity contribution in [3.05, 3.63) is 66.0 Å². The van der Waals surface area contributed by atoms with Crippen LogP contribution in [0, 0.1) is 11.3 Å². The molecule has 5 nitrogen and oxygen atoms in total. The van der Waals surface area contributed by atoms with Crippen LogP contribution >= 0.6 is 0 Å². The molecule has 0 unspecified atom stereocenters. The average Bonchev–Trinajstić information content (AvgIpc) is 3.04. The van der Waals surface area contributed by atoms with E-state index in [0.29, 0.717) is 11.1 Å². The summed E-state index contributed by atoms with van der Waals surface area (Å²) in [5, 5.41) is 9.17. The zero-order valence-electron chi connectivity index (χ0n) is 12.4. The Bertz CT molecular complexity index is 934. The van der Waals surface area contributed by atoms with E-state index in [2.05, 4.69) is 15.8 Å². The third-order valence-electron chi connectivity index (χ3n) is 3.44. The van der Waals surface area contributed by atoms with Gasteiger partial charge < -0.3 is 4.74 Å². The second-order valence-electron chi connectivity index (χ2n) is 4.85. The van der Waals surface area contributed by atoms with Crippen LogP contribution in [0.4, 0.5) is 0 Å². The maximum atomic E-state index is 11.4. The van der Waals surface area contributed by atoms with Crippen LogP contribution in [0.25, 0.3) is 22.8 Å². The van der Waals surface area contributed by atoms with Crippen LogP contribution in [-0.4, -0.2) is 22.6 Å². The van der Waals surface area contributed by atoms with Crippen LogP contribution in [-0.2, 0) is 9.53 Å². The van der Waals surface area contributed by atoms with Gasteiger partial charge in [0.1, 0.15) is 6.33 Å². The molecule has 3 aromatic rings. The number of hydrogen-bond donors (Lipinski definition) is 0. The van der Waals surface area contributed by atoms with Crippen LogP contribution in [0.5, 0.6) is 0 Å². The number of imidazole rings is 1. The first-order valence-corrected chi connectivity index (χ1v) is 6.95. The highest BCUT2D eigenvalue weighted by atomic mass is 16.5. The fourth-order valence-electron chi connectivity index (χ4n) is 2.38. The number of ether oxygens (including phenoxy) is 1. The Kier molecular flexibility index (Phi) is 3.89. The number of nitrogens with zero attached hydrogens (tertiary/aromatic N) is 3. The fourth-order valence-corrected chi connectivity index (χ4v) is 2.38. The Hall–Kier alpha value is -3.39. The molecule has 1 aromatic heterocycles. The van der Waals surface area contributed by atoms with E-state index in [4.69, 9.17) is 5.26 Å². The van der Waals surface area contributed by atoms with Crippen molar-refractivity contribution in [2.24, 2.45) is 0 Å². The highest BCUT2D eigenvalue weighted by Crippen LogP contribution is 2.24. The number of hydrogen-bond acceptors (Lipinski definition) is 4. The van der Waals surface area contributed by atoms with Gasteiger partial charge in [0.05, 0.1) is 29.8 Å². The number of fused-ring (bicyclic) bond motifs is 1. The van der Waals surface area contributed by atoms with Gasteiger partial charge in [-0.15, -0.1) is 0 Å². The molecule has 0 aliphatic heterocycles. The van der Waals surface area contributed by atoms with Crippen molar-refractivity contribution in [2.45, 2.75) is 0 Å². The topological polar surface area (TPSA) is 67.9 Å². The predicted molar refractivity (Wildman–Crippen MR) is 86.8 cm³/mol. The molecule has 0 aliphatic carbocycles. The molecule has 112 valence electrons. The number of methoxy groups -OCH3 is 1. The summed E-state index contributed by atoms with van der Waals surface area (Å²) in [6.07, 6.45) is 4.67. The number of esters is 1. The van der Waals surface area contributed by atoms with Crippen LogP contribution in [0.15, 0.2) is 54.9 Å². The number of benzene rings is 2.